The monoisotopic (exact) mass is 244 g/mol. The number of anilines is 2. The van der Waals surface area contributed by atoms with E-state index in [9.17, 15) is 8.78 Å². The normalized spacial score (nSPS) is 9.83. The minimum Gasteiger partial charge on any atom is -0.353 e. The zero-order chi connectivity index (χ0) is 13.0. The van der Waals surface area contributed by atoms with Crippen molar-refractivity contribution in [2.24, 2.45) is 0 Å². The van der Waals surface area contributed by atoms with Crippen molar-refractivity contribution >= 4 is 11.4 Å². The van der Waals surface area contributed by atoms with E-state index in [0.29, 0.717) is 12.1 Å². The third-order valence-electron chi connectivity index (χ3n) is 2.44. The molecular formula is C14H10F2N2. The highest BCUT2D eigenvalue weighted by Crippen LogP contribution is 2.21. The third kappa shape index (κ3) is 2.83. The van der Waals surface area contributed by atoms with E-state index in [4.69, 9.17) is 5.26 Å². The number of benzene rings is 2. The van der Waals surface area contributed by atoms with Crippen LogP contribution in [0.3, 0.4) is 0 Å². The first-order valence-electron chi connectivity index (χ1n) is 5.37. The molecule has 0 fully saturated rings. The average Bonchev–Trinajstić information content (AvgIpc) is 2.37. The molecule has 2 aromatic carbocycles. The van der Waals surface area contributed by atoms with E-state index < -0.39 is 11.6 Å². The highest BCUT2D eigenvalue weighted by Gasteiger charge is 2.04. The van der Waals surface area contributed by atoms with Crippen LogP contribution in [-0.4, -0.2) is 0 Å². The van der Waals surface area contributed by atoms with Crippen molar-refractivity contribution in [2.75, 3.05) is 5.32 Å². The van der Waals surface area contributed by atoms with Crippen LogP contribution < -0.4 is 5.32 Å². The first kappa shape index (κ1) is 12.1. The fraction of sp³-hybridized carbons (Fsp3) is 0.0714. The number of hydrogen-bond acceptors (Lipinski definition) is 2. The summed E-state index contributed by atoms with van der Waals surface area (Å²) in [4.78, 5) is 0. The molecule has 0 heterocycles. The number of nitriles is 1. The molecule has 0 aliphatic rings. The van der Waals surface area contributed by atoms with E-state index in [1.165, 1.54) is 0 Å². The number of nitrogens with zero attached hydrogens (tertiary/aromatic N) is 1. The molecule has 0 bridgehead atoms. The van der Waals surface area contributed by atoms with Crippen molar-refractivity contribution in [3.63, 3.8) is 0 Å². The largest absolute Gasteiger partial charge is 0.353 e. The maximum absolute atomic E-state index is 13.4. The molecule has 0 aliphatic carbocycles. The summed E-state index contributed by atoms with van der Waals surface area (Å²) in [7, 11) is 0. The molecule has 18 heavy (non-hydrogen) atoms. The highest BCUT2D eigenvalue weighted by atomic mass is 19.1. The Morgan fingerprint density at radius 1 is 1.06 bits per heavy atom. The Morgan fingerprint density at radius 3 is 2.44 bits per heavy atom. The Hall–Kier alpha value is -2.41. The fourth-order valence-electron chi connectivity index (χ4n) is 1.55. The molecule has 0 unspecified atom stereocenters. The van der Waals surface area contributed by atoms with Crippen molar-refractivity contribution in [2.45, 2.75) is 6.42 Å². The first-order valence-corrected chi connectivity index (χ1v) is 5.37. The molecular weight excluding hydrogens is 234 g/mol. The Labute approximate surface area is 103 Å². The maximum Gasteiger partial charge on any atom is 0.146 e. The number of rotatable bonds is 3. The summed E-state index contributed by atoms with van der Waals surface area (Å²) in [6.07, 6.45) is 0.328. The van der Waals surface area contributed by atoms with E-state index in [-0.39, 0.29) is 5.69 Å². The Morgan fingerprint density at radius 2 is 1.78 bits per heavy atom. The molecule has 0 amide bonds. The molecule has 4 heteroatoms. The minimum atomic E-state index is -0.516. The van der Waals surface area contributed by atoms with Crippen LogP contribution in [0.25, 0.3) is 0 Å². The van der Waals surface area contributed by atoms with Gasteiger partial charge in [0.1, 0.15) is 11.6 Å². The van der Waals surface area contributed by atoms with Gasteiger partial charge in [-0.25, -0.2) is 8.78 Å². The minimum absolute atomic E-state index is 0.0861. The van der Waals surface area contributed by atoms with Gasteiger partial charge in [-0.1, -0.05) is 12.1 Å². The number of nitrogens with one attached hydrogen (secondary N) is 1. The van der Waals surface area contributed by atoms with Gasteiger partial charge in [-0.15, -0.1) is 0 Å². The third-order valence-corrected chi connectivity index (χ3v) is 2.44. The molecule has 0 radical (unpaired) electrons. The Kier molecular flexibility index (Phi) is 3.54. The van der Waals surface area contributed by atoms with Crippen LogP contribution in [0.1, 0.15) is 5.56 Å². The average molecular weight is 244 g/mol. The van der Waals surface area contributed by atoms with E-state index in [2.05, 4.69) is 5.32 Å². The summed E-state index contributed by atoms with van der Waals surface area (Å²) in [6, 6.07) is 12.2. The van der Waals surface area contributed by atoms with Crippen LogP contribution in [0.2, 0.25) is 0 Å². The Bertz CT molecular complexity index is 586. The summed E-state index contributed by atoms with van der Waals surface area (Å²) in [5.41, 5.74) is 1.60. The van der Waals surface area contributed by atoms with Gasteiger partial charge in [0.15, 0.2) is 0 Å². The topological polar surface area (TPSA) is 35.8 Å². The van der Waals surface area contributed by atoms with Crippen molar-refractivity contribution in [1.29, 1.82) is 5.26 Å². The molecule has 0 spiro atoms. The standard InChI is InChI=1S/C14H10F2N2/c15-11-3-6-13(16)14(9-11)18-12-4-1-10(2-5-12)7-8-17/h1-6,9,18H,7H2. The van der Waals surface area contributed by atoms with Crippen LogP contribution in [0.5, 0.6) is 0 Å². The van der Waals surface area contributed by atoms with Gasteiger partial charge < -0.3 is 5.32 Å². The van der Waals surface area contributed by atoms with Gasteiger partial charge in [-0.05, 0) is 29.8 Å². The summed E-state index contributed by atoms with van der Waals surface area (Å²) in [6.45, 7) is 0. The van der Waals surface area contributed by atoms with Gasteiger partial charge in [-0.3, -0.25) is 0 Å². The molecule has 0 saturated heterocycles. The lowest BCUT2D eigenvalue weighted by atomic mass is 10.1. The van der Waals surface area contributed by atoms with E-state index in [1.807, 2.05) is 6.07 Å². The van der Waals surface area contributed by atoms with Crippen molar-refractivity contribution in [1.82, 2.24) is 0 Å². The van der Waals surface area contributed by atoms with Gasteiger partial charge in [0, 0.05) is 11.8 Å². The second-order valence-electron chi connectivity index (χ2n) is 3.78. The van der Waals surface area contributed by atoms with Gasteiger partial charge >= 0.3 is 0 Å². The molecule has 1 N–H and O–H groups in total. The first-order chi connectivity index (χ1) is 8.69. The summed E-state index contributed by atoms with van der Waals surface area (Å²) in [5, 5.41) is 11.3. The molecule has 0 aromatic heterocycles. The molecule has 2 nitrogen and oxygen atoms in total. The van der Waals surface area contributed by atoms with Crippen molar-refractivity contribution < 1.29 is 8.78 Å². The van der Waals surface area contributed by atoms with E-state index >= 15 is 0 Å². The van der Waals surface area contributed by atoms with Gasteiger partial charge in [0.25, 0.3) is 0 Å². The lowest BCUT2D eigenvalue weighted by Crippen LogP contribution is -1.95. The molecule has 0 atom stereocenters. The van der Waals surface area contributed by atoms with Crippen LogP contribution in [0, 0.1) is 23.0 Å². The van der Waals surface area contributed by atoms with Gasteiger partial charge in [0.2, 0.25) is 0 Å². The molecule has 0 saturated carbocycles. The predicted octanol–water partition coefficient (Wildman–Crippen LogP) is 3.77. The van der Waals surface area contributed by atoms with Gasteiger partial charge in [0.05, 0.1) is 18.2 Å². The smallest absolute Gasteiger partial charge is 0.146 e. The van der Waals surface area contributed by atoms with Crippen LogP contribution >= 0.6 is 0 Å². The van der Waals surface area contributed by atoms with E-state index in [1.54, 1.807) is 24.3 Å². The predicted molar refractivity (Wildman–Crippen MR) is 65.4 cm³/mol. The maximum atomic E-state index is 13.4. The second kappa shape index (κ2) is 5.28. The van der Waals surface area contributed by atoms with Crippen molar-refractivity contribution in [3.05, 3.63) is 59.7 Å². The number of hydrogen-bond donors (Lipinski definition) is 1. The Balaban J connectivity index is 2.18. The quantitative estimate of drug-likeness (QED) is 0.891. The van der Waals surface area contributed by atoms with Gasteiger partial charge in [-0.2, -0.15) is 5.26 Å². The summed E-state index contributed by atoms with van der Waals surface area (Å²) < 4.78 is 26.4. The lowest BCUT2D eigenvalue weighted by Gasteiger charge is -2.08. The van der Waals surface area contributed by atoms with E-state index in [0.717, 1.165) is 23.8 Å². The fourth-order valence-corrected chi connectivity index (χ4v) is 1.55. The SMILES string of the molecule is N#CCc1ccc(Nc2cc(F)ccc2F)cc1. The lowest BCUT2D eigenvalue weighted by molar-refractivity contribution is 0.603. The molecule has 2 rings (SSSR count). The van der Waals surface area contributed by atoms with Crippen LogP contribution in [0.4, 0.5) is 20.2 Å². The summed E-state index contributed by atoms with van der Waals surface area (Å²) >= 11 is 0. The van der Waals surface area contributed by atoms with Crippen LogP contribution in [-0.2, 0) is 6.42 Å². The molecule has 90 valence electrons. The number of halogens is 2. The second-order valence-corrected chi connectivity index (χ2v) is 3.78. The van der Waals surface area contributed by atoms with Crippen LogP contribution in [0.15, 0.2) is 42.5 Å². The summed E-state index contributed by atoms with van der Waals surface area (Å²) in [5.74, 6) is -1.02. The highest BCUT2D eigenvalue weighted by molar-refractivity contribution is 5.60. The van der Waals surface area contributed by atoms with Crippen molar-refractivity contribution in [3.8, 4) is 6.07 Å². The zero-order valence-electron chi connectivity index (χ0n) is 9.45. The molecule has 0 aliphatic heterocycles. The molecule has 2 aromatic rings. The zero-order valence-corrected chi connectivity index (χ0v) is 9.45.